The van der Waals surface area contributed by atoms with Crippen LogP contribution in [0.15, 0.2) is 11.6 Å². The van der Waals surface area contributed by atoms with E-state index in [1.807, 2.05) is 13.8 Å². The monoisotopic (exact) mass is 308 g/mol. The lowest BCUT2D eigenvalue weighted by Crippen LogP contribution is -2.34. The van der Waals surface area contributed by atoms with Crippen LogP contribution >= 0.6 is 0 Å². The first-order chi connectivity index (χ1) is 10.3. The van der Waals surface area contributed by atoms with Crippen LogP contribution in [0.4, 0.5) is 0 Å². The second kappa shape index (κ2) is 5.37. The third kappa shape index (κ3) is 2.67. The van der Waals surface area contributed by atoms with E-state index >= 15 is 0 Å². The van der Waals surface area contributed by atoms with Crippen LogP contribution in [0.3, 0.4) is 0 Å². The van der Waals surface area contributed by atoms with Crippen LogP contribution in [0, 0.1) is 11.8 Å². The largest absolute Gasteiger partial charge is 0.459 e. The molecule has 5 nitrogen and oxygen atoms in total. The summed E-state index contributed by atoms with van der Waals surface area (Å²) >= 11 is 0. The highest BCUT2D eigenvalue weighted by Crippen LogP contribution is 2.50. The summed E-state index contributed by atoms with van der Waals surface area (Å²) in [6.07, 6.45) is 3.95. The molecular weight excluding hydrogens is 284 g/mol. The fraction of sp³-hybridized carbons (Fsp3) is 0.765. The number of hydrogen-bond donors (Lipinski definition) is 0. The van der Waals surface area contributed by atoms with Crippen molar-refractivity contribution in [2.45, 2.75) is 70.9 Å². The van der Waals surface area contributed by atoms with Crippen molar-refractivity contribution >= 4 is 11.9 Å². The summed E-state index contributed by atoms with van der Waals surface area (Å²) < 4.78 is 17.0. The van der Waals surface area contributed by atoms with Gasteiger partial charge in [0.15, 0.2) is 0 Å². The quantitative estimate of drug-likeness (QED) is 0.423. The van der Waals surface area contributed by atoms with Gasteiger partial charge in [-0.1, -0.05) is 13.0 Å². The standard InChI is InChI=1S/C17H24O5/c1-9-6-5-7-17(4)15(22-17)14-12(10(2)16(19)21-14)8-13(9)20-11(3)18/h6,10,12-15H,5,7-8H2,1-4H3/t10-,12-,13-,14-,15+,17+/m0/s1. The molecule has 6 atom stereocenters. The molecule has 0 spiro atoms. The first kappa shape index (κ1) is 15.5. The predicted octanol–water partition coefficient (Wildman–Crippen LogP) is 2.38. The van der Waals surface area contributed by atoms with E-state index in [0.717, 1.165) is 18.4 Å². The molecule has 2 aliphatic heterocycles. The lowest BCUT2D eigenvalue weighted by atomic mass is 9.80. The highest BCUT2D eigenvalue weighted by atomic mass is 16.6. The van der Waals surface area contributed by atoms with Gasteiger partial charge >= 0.3 is 11.9 Å². The van der Waals surface area contributed by atoms with Gasteiger partial charge in [0, 0.05) is 12.8 Å². The third-order valence-corrected chi connectivity index (χ3v) is 5.34. The Morgan fingerprint density at radius 2 is 2.18 bits per heavy atom. The molecule has 2 heterocycles. The number of hydrogen-bond acceptors (Lipinski definition) is 5. The normalized spacial score (nSPS) is 44.3. The maximum atomic E-state index is 12.0. The van der Waals surface area contributed by atoms with Crippen LogP contribution in [-0.2, 0) is 23.8 Å². The fourth-order valence-corrected chi connectivity index (χ4v) is 3.78. The average molecular weight is 308 g/mol. The first-order valence-electron chi connectivity index (χ1n) is 8.04. The summed E-state index contributed by atoms with van der Waals surface area (Å²) in [6, 6.07) is 0. The minimum absolute atomic E-state index is 0.0186. The highest BCUT2D eigenvalue weighted by molar-refractivity contribution is 5.75. The van der Waals surface area contributed by atoms with Gasteiger partial charge in [0.2, 0.25) is 0 Å². The van der Waals surface area contributed by atoms with Crippen LogP contribution in [0.25, 0.3) is 0 Å². The predicted molar refractivity (Wildman–Crippen MR) is 79.0 cm³/mol. The van der Waals surface area contributed by atoms with Crippen molar-refractivity contribution in [3.63, 3.8) is 0 Å². The smallest absolute Gasteiger partial charge is 0.309 e. The molecule has 1 aliphatic carbocycles. The Morgan fingerprint density at radius 3 is 2.86 bits per heavy atom. The Labute approximate surface area is 131 Å². The van der Waals surface area contributed by atoms with Gasteiger partial charge < -0.3 is 14.2 Å². The number of rotatable bonds is 1. The Bertz CT molecular complexity index is 525. The topological polar surface area (TPSA) is 65.1 Å². The minimum atomic E-state index is -0.295. The molecular formula is C17H24O5. The summed E-state index contributed by atoms with van der Waals surface area (Å²) in [6.45, 7) is 7.38. The molecule has 122 valence electrons. The van der Waals surface area contributed by atoms with E-state index in [9.17, 15) is 9.59 Å². The molecule has 3 rings (SSSR count). The molecule has 0 aromatic heterocycles. The molecule has 2 saturated heterocycles. The molecule has 0 bridgehead atoms. The van der Waals surface area contributed by atoms with Crippen molar-refractivity contribution in [2.75, 3.05) is 0 Å². The van der Waals surface area contributed by atoms with Crippen LogP contribution in [0.2, 0.25) is 0 Å². The number of ether oxygens (including phenoxy) is 3. The summed E-state index contributed by atoms with van der Waals surface area (Å²) in [5, 5.41) is 0. The zero-order valence-corrected chi connectivity index (χ0v) is 13.6. The van der Waals surface area contributed by atoms with Crippen molar-refractivity contribution < 1.29 is 23.8 Å². The molecule has 3 aliphatic rings. The van der Waals surface area contributed by atoms with E-state index in [4.69, 9.17) is 14.2 Å². The van der Waals surface area contributed by atoms with E-state index < -0.39 is 0 Å². The van der Waals surface area contributed by atoms with Gasteiger partial charge in [0.1, 0.15) is 18.3 Å². The summed E-state index contributed by atoms with van der Waals surface area (Å²) in [4.78, 5) is 23.4. The molecule has 0 unspecified atom stereocenters. The first-order valence-corrected chi connectivity index (χ1v) is 8.04. The van der Waals surface area contributed by atoms with Gasteiger partial charge in [0.05, 0.1) is 11.5 Å². The Hall–Kier alpha value is -1.36. The van der Waals surface area contributed by atoms with E-state index in [0.29, 0.717) is 6.42 Å². The summed E-state index contributed by atoms with van der Waals surface area (Å²) in [7, 11) is 0. The van der Waals surface area contributed by atoms with Gasteiger partial charge in [-0.2, -0.15) is 0 Å². The van der Waals surface area contributed by atoms with Gasteiger partial charge in [-0.3, -0.25) is 9.59 Å². The van der Waals surface area contributed by atoms with E-state index in [2.05, 4.69) is 13.0 Å². The lowest BCUT2D eigenvalue weighted by Gasteiger charge is -2.26. The molecule has 22 heavy (non-hydrogen) atoms. The maximum Gasteiger partial charge on any atom is 0.309 e. The van der Waals surface area contributed by atoms with Crippen LogP contribution < -0.4 is 0 Å². The number of fused-ring (bicyclic) bond motifs is 3. The number of carbonyl (C=O) groups excluding carboxylic acids is 2. The van der Waals surface area contributed by atoms with Crippen LogP contribution in [-0.4, -0.2) is 35.9 Å². The molecule has 0 radical (unpaired) electrons. The Morgan fingerprint density at radius 1 is 1.45 bits per heavy atom. The number of allylic oxidation sites excluding steroid dienone is 1. The summed E-state index contributed by atoms with van der Waals surface area (Å²) in [5.41, 5.74) is 0.849. The Kier molecular flexibility index (Phi) is 3.79. The molecule has 0 saturated carbocycles. The second-order valence-electron chi connectivity index (χ2n) is 7.03. The van der Waals surface area contributed by atoms with Gasteiger partial charge in [-0.25, -0.2) is 0 Å². The molecule has 0 aromatic carbocycles. The molecule has 0 N–H and O–H groups in total. The van der Waals surface area contributed by atoms with Gasteiger partial charge in [-0.15, -0.1) is 0 Å². The van der Waals surface area contributed by atoms with Crippen molar-refractivity contribution in [3.05, 3.63) is 11.6 Å². The molecule has 5 heteroatoms. The van der Waals surface area contributed by atoms with Crippen LogP contribution in [0.5, 0.6) is 0 Å². The molecule has 0 amide bonds. The third-order valence-electron chi connectivity index (χ3n) is 5.34. The van der Waals surface area contributed by atoms with E-state index in [1.165, 1.54) is 6.92 Å². The number of carbonyl (C=O) groups is 2. The van der Waals surface area contributed by atoms with Crippen molar-refractivity contribution in [3.8, 4) is 0 Å². The van der Waals surface area contributed by atoms with Crippen molar-refractivity contribution in [1.82, 2.24) is 0 Å². The fourth-order valence-electron chi connectivity index (χ4n) is 3.78. The number of esters is 2. The maximum absolute atomic E-state index is 12.0. The second-order valence-corrected chi connectivity index (χ2v) is 7.03. The van der Waals surface area contributed by atoms with E-state index in [-0.39, 0.29) is 47.7 Å². The van der Waals surface area contributed by atoms with E-state index in [1.54, 1.807) is 0 Å². The van der Waals surface area contributed by atoms with Crippen molar-refractivity contribution in [2.24, 2.45) is 11.8 Å². The lowest BCUT2D eigenvalue weighted by molar-refractivity contribution is -0.146. The SMILES string of the molecule is CC(=O)O[C@H]1C[C@@H]2[C@H](OC(=O)[C@H]2C)[C@H]2O[C@]2(C)CCC=C1C. The van der Waals surface area contributed by atoms with Crippen LogP contribution in [0.1, 0.15) is 47.0 Å². The minimum Gasteiger partial charge on any atom is -0.459 e. The molecule has 2 fully saturated rings. The van der Waals surface area contributed by atoms with Gasteiger partial charge in [0.25, 0.3) is 0 Å². The zero-order chi connectivity index (χ0) is 16.1. The molecule has 0 aromatic rings. The highest BCUT2D eigenvalue weighted by Gasteiger charge is 2.62. The van der Waals surface area contributed by atoms with Gasteiger partial charge in [-0.05, 0) is 38.7 Å². The Balaban J connectivity index is 1.89. The average Bonchev–Trinajstić information content (AvgIpc) is 3.02. The summed E-state index contributed by atoms with van der Waals surface area (Å²) in [5.74, 6) is -0.638. The number of epoxide rings is 1. The van der Waals surface area contributed by atoms with Crippen molar-refractivity contribution in [1.29, 1.82) is 0 Å². The zero-order valence-electron chi connectivity index (χ0n) is 13.6.